The number of allylic oxidation sites excluding steroid dienone is 6. The van der Waals surface area contributed by atoms with Crippen molar-refractivity contribution in [2.24, 2.45) is 66.0 Å². The highest BCUT2D eigenvalue weighted by atomic mass is 16.4. The number of nitrogens with zero attached hydrogens (tertiary/aromatic N) is 3. The van der Waals surface area contributed by atoms with Gasteiger partial charge in [0.1, 0.15) is 0 Å². The minimum absolute atomic E-state index is 0.0781. The van der Waals surface area contributed by atoms with Gasteiger partial charge in [-0.2, -0.15) is 0 Å². The van der Waals surface area contributed by atoms with Crippen LogP contribution in [0.3, 0.4) is 0 Å². The van der Waals surface area contributed by atoms with E-state index in [2.05, 4.69) is 5.32 Å². The van der Waals surface area contributed by atoms with E-state index in [4.69, 9.17) is 20.7 Å². The van der Waals surface area contributed by atoms with Crippen molar-refractivity contribution in [2.75, 3.05) is 0 Å². The zero-order valence-electron chi connectivity index (χ0n) is 37.9. The third kappa shape index (κ3) is 8.75. The van der Waals surface area contributed by atoms with E-state index < -0.39 is 111 Å². The lowest BCUT2D eigenvalue weighted by atomic mass is 9.55. The van der Waals surface area contributed by atoms with Crippen molar-refractivity contribution >= 4 is 58.9 Å². The molecule has 0 spiro atoms. The van der Waals surface area contributed by atoms with Gasteiger partial charge in [-0.3, -0.25) is 48.5 Å². The van der Waals surface area contributed by atoms with Gasteiger partial charge in [0.15, 0.2) is 0 Å². The highest BCUT2D eigenvalue weighted by Crippen LogP contribution is 2.62. The molecule has 8 bridgehead atoms. The molecule has 350 valence electrons. The minimum atomic E-state index is -1.58. The van der Waals surface area contributed by atoms with Crippen molar-refractivity contribution in [1.29, 1.82) is 0 Å². The lowest BCUT2D eigenvalue weighted by Crippen LogP contribution is -2.55. The lowest BCUT2D eigenvalue weighted by molar-refractivity contribution is -0.143. The molecule has 9 unspecified atom stereocenters. The summed E-state index contributed by atoms with van der Waals surface area (Å²) in [6, 6.07) is -1.12. The molecule has 18 nitrogen and oxygen atoms in total. The van der Waals surface area contributed by atoms with Crippen LogP contribution in [0.2, 0.25) is 0 Å². The number of primary amides is 1. The molecule has 1 amide bonds. The summed E-state index contributed by atoms with van der Waals surface area (Å²) in [7, 11) is 0. The van der Waals surface area contributed by atoms with Crippen LogP contribution in [0.1, 0.15) is 132 Å². The number of fused-ring (bicyclic) bond motifs is 6. The summed E-state index contributed by atoms with van der Waals surface area (Å²) in [5, 5.41) is 65.0. The second-order valence-corrected chi connectivity index (χ2v) is 19.9. The van der Waals surface area contributed by atoms with E-state index in [-0.39, 0.29) is 64.2 Å². The largest absolute Gasteiger partial charge is 0.481 e. The Balaban J connectivity index is 2.03. The first-order valence-corrected chi connectivity index (χ1v) is 21.8. The summed E-state index contributed by atoms with van der Waals surface area (Å²) in [5.74, 6) is -10.5. The number of hydrogen-bond donors (Lipinski definition) is 8. The zero-order chi connectivity index (χ0) is 48.1. The maximum absolute atomic E-state index is 13.1. The smallest absolute Gasteiger partial charge is 0.304 e. The Labute approximate surface area is 372 Å². The maximum Gasteiger partial charge on any atom is 0.304 e. The third-order valence-electron chi connectivity index (χ3n) is 15.7. The number of aliphatic carboxylic acids is 6. The summed E-state index contributed by atoms with van der Waals surface area (Å²) in [4.78, 5) is 104. The van der Waals surface area contributed by atoms with Crippen LogP contribution in [-0.4, -0.2) is 101 Å². The fraction of sp³-hybridized carbons (Fsp3) is 0.652. The molecule has 0 aliphatic carbocycles. The number of aliphatic imine (C=N–C) groups is 3. The van der Waals surface area contributed by atoms with Crippen molar-refractivity contribution in [3.63, 3.8) is 0 Å². The molecule has 0 aromatic rings. The van der Waals surface area contributed by atoms with Crippen molar-refractivity contribution in [3.8, 4) is 0 Å². The normalized spacial score (nSPS) is 32.7. The van der Waals surface area contributed by atoms with Crippen LogP contribution in [0, 0.1) is 45.3 Å². The number of amides is 1. The fourth-order valence-electron chi connectivity index (χ4n) is 11.9. The van der Waals surface area contributed by atoms with Crippen molar-refractivity contribution in [2.45, 2.75) is 144 Å². The lowest BCUT2D eigenvalue weighted by Gasteiger charge is -2.48. The molecule has 5 aliphatic heterocycles. The molecule has 5 aliphatic rings. The van der Waals surface area contributed by atoms with E-state index >= 15 is 0 Å². The van der Waals surface area contributed by atoms with E-state index in [0.29, 0.717) is 45.4 Å². The van der Waals surface area contributed by atoms with Crippen LogP contribution < -0.4 is 11.1 Å². The molecular weight excluding hydrogens is 831 g/mol. The van der Waals surface area contributed by atoms with E-state index in [0.717, 1.165) is 0 Å². The number of carbonyl (C=O) groups excluding carboxylic acids is 1. The van der Waals surface area contributed by atoms with Crippen LogP contribution in [0.5, 0.6) is 0 Å². The average molecular weight is 894 g/mol. The monoisotopic (exact) mass is 893 g/mol. The van der Waals surface area contributed by atoms with Crippen LogP contribution in [0.4, 0.5) is 0 Å². The molecule has 1 fully saturated rings. The number of carbonyl (C=O) groups is 7. The molecule has 0 aromatic carbocycles. The molecule has 9 N–H and O–H groups in total. The van der Waals surface area contributed by atoms with Crippen molar-refractivity contribution < 1.29 is 64.2 Å². The zero-order valence-corrected chi connectivity index (χ0v) is 37.9. The van der Waals surface area contributed by atoms with Gasteiger partial charge in [0, 0.05) is 112 Å². The number of hydrogen-bond acceptors (Lipinski definition) is 11. The van der Waals surface area contributed by atoms with Gasteiger partial charge in [-0.1, -0.05) is 34.6 Å². The van der Waals surface area contributed by atoms with Crippen LogP contribution in [-0.2, 0) is 33.6 Å². The maximum atomic E-state index is 13.1. The molecule has 9 atom stereocenters. The molecule has 5 heterocycles. The average Bonchev–Trinajstić information content (AvgIpc) is 3.78. The summed E-state index contributed by atoms with van der Waals surface area (Å²) < 4.78 is 0. The van der Waals surface area contributed by atoms with Crippen LogP contribution in [0.15, 0.2) is 49.3 Å². The summed E-state index contributed by atoms with van der Waals surface area (Å²) >= 11 is 0. The molecule has 0 aromatic heterocycles. The van der Waals surface area contributed by atoms with E-state index in [1.54, 1.807) is 34.6 Å². The topological polar surface area (TPSA) is 316 Å². The Morgan fingerprint density at radius 1 is 0.672 bits per heavy atom. The number of carboxylic acids is 6. The molecule has 64 heavy (non-hydrogen) atoms. The quantitative estimate of drug-likeness (QED) is 0.0770. The van der Waals surface area contributed by atoms with Gasteiger partial charge >= 0.3 is 35.8 Å². The van der Waals surface area contributed by atoms with E-state index in [1.807, 2.05) is 26.8 Å². The number of rotatable bonds is 19. The van der Waals surface area contributed by atoms with Gasteiger partial charge in [-0.25, -0.2) is 0 Å². The van der Waals surface area contributed by atoms with Crippen molar-refractivity contribution in [3.05, 3.63) is 34.3 Å². The first kappa shape index (κ1) is 49.3. The first-order valence-electron chi connectivity index (χ1n) is 21.8. The van der Waals surface area contributed by atoms with Gasteiger partial charge < -0.3 is 41.7 Å². The highest BCUT2D eigenvalue weighted by molar-refractivity contribution is 6.10. The molecule has 1 saturated heterocycles. The predicted octanol–water partition coefficient (Wildman–Crippen LogP) is 5.71. The van der Waals surface area contributed by atoms with Crippen molar-refractivity contribution in [1.82, 2.24) is 5.32 Å². The standard InChI is InChI=1S/C46H63N5O13/c1-22-37-25(10-13-32(55)56)42(3,4)29(49-37)20-28-24(9-12-31(53)54)43(5,17-15-30(47)52)39(48-28)23(2)38-26(11-14-33(57)58)45(7,21-36(63)64)46(8,51-38)41-27(19-35(61)62)44(6,40(22)50-41)18-16-34(59)60/h20,24-27,41,48H,9-19,21H2,1-8H3,(H2,47,52)(H,53,54)(H,55,56)(H,57,58)(H,59,60)(H,61,62)(H,63,64). The number of nitrogens with one attached hydrogen (secondary N) is 1. The van der Waals surface area contributed by atoms with Gasteiger partial charge in [-0.05, 0) is 70.1 Å². The van der Waals surface area contributed by atoms with Gasteiger partial charge in [0.25, 0.3) is 0 Å². The Hall–Kier alpha value is -5.68. The highest BCUT2D eigenvalue weighted by Gasteiger charge is 2.66. The van der Waals surface area contributed by atoms with E-state index in [1.165, 1.54) is 0 Å². The Morgan fingerprint density at radius 3 is 1.72 bits per heavy atom. The number of carboxylic acid groups (broad SMARTS) is 6. The van der Waals surface area contributed by atoms with Crippen LogP contribution >= 0.6 is 0 Å². The fourth-order valence-corrected chi connectivity index (χ4v) is 11.9. The first-order chi connectivity index (χ1) is 29.5. The van der Waals surface area contributed by atoms with Gasteiger partial charge in [0.2, 0.25) is 5.91 Å². The Bertz CT molecular complexity index is 2240. The third-order valence-corrected chi connectivity index (χ3v) is 15.7. The van der Waals surface area contributed by atoms with Gasteiger partial charge in [0.05, 0.1) is 24.4 Å². The molecule has 0 saturated carbocycles. The summed E-state index contributed by atoms with van der Waals surface area (Å²) in [5.41, 5.74) is 3.26. The number of nitrogens with two attached hydrogens (primary N) is 1. The Kier molecular flexibility index (Phi) is 13.7. The second kappa shape index (κ2) is 17.7. The molecule has 0 radical (unpaired) electrons. The van der Waals surface area contributed by atoms with E-state index in [9.17, 15) is 64.2 Å². The second-order valence-electron chi connectivity index (χ2n) is 19.9. The Morgan fingerprint density at radius 2 is 1.20 bits per heavy atom. The van der Waals surface area contributed by atoms with Crippen LogP contribution in [0.25, 0.3) is 0 Å². The minimum Gasteiger partial charge on any atom is -0.481 e. The predicted molar refractivity (Wildman–Crippen MR) is 234 cm³/mol. The summed E-state index contributed by atoms with van der Waals surface area (Å²) in [6.07, 6.45) is -0.413. The molecular formula is C46H63N5O13. The van der Waals surface area contributed by atoms with Gasteiger partial charge in [-0.15, -0.1) is 0 Å². The molecule has 18 heteroatoms. The SMILES string of the molecule is CC1=C2N=C(C=C3NC(=C(C)C4=NC(C)(C5N=C1C(C)(CCC(=O)O)C5CC(=O)O)C(C)(CC(=O)O)C4CCC(=O)O)C(C)(CCC(N)=O)C3CCC(=O)O)C(C)(C)C2CCC(=O)O. The summed E-state index contributed by atoms with van der Waals surface area (Å²) in [6.45, 7) is 14.4. The molecule has 5 rings (SSSR count).